The molecule has 0 spiro atoms. The highest BCUT2D eigenvalue weighted by molar-refractivity contribution is 6.01. The van der Waals surface area contributed by atoms with Crippen LogP contribution in [0.2, 0.25) is 0 Å². The molecule has 0 aromatic heterocycles. The number of alkyl carbamates (subject to hydrolysis) is 1. The Morgan fingerprint density at radius 2 is 1.46 bits per heavy atom. The molecular formula is C39H47N3O4. The molecule has 3 amide bonds. The highest BCUT2D eigenvalue weighted by Gasteiger charge is 2.43. The number of amides is 3. The number of rotatable bonds is 10. The second kappa shape index (κ2) is 14.2. The lowest BCUT2D eigenvalue weighted by Gasteiger charge is -2.45. The average molecular weight is 622 g/mol. The average Bonchev–Trinajstić information content (AvgIpc) is 3.00. The normalized spacial score (nSPS) is 13.0. The molecule has 2 N–H and O–H groups in total. The number of benzene rings is 4. The van der Waals surface area contributed by atoms with Crippen molar-refractivity contribution in [1.82, 2.24) is 10.2 Å². The fraction of sp³-hybridized carbons (Fsp3) is 0.359. The van der Waals surface area contributed by atoms with Crippen molar-refractivity contribution in [2.45, 2.75) is 91.5 Å². The summed E-state index contributed by atoms with van der Waals surface area (Å²) in [6.07, 6.45) is 0.0921. The van der Waals surface area contributed by atoms with Crippen LogP contribution in [0.15, 0.2) is 91.0 Å². The fourth-order valence-electron chi connectivity index (χ4n) is 5.56. The standard InChI is InChI=1S/C39H47N3O4/c1-9-39(7,8)42(36(44)33(24-28-17-11-10-12-18-28)41-37(45)46-38(4,5)6)34(32-21-15-16-26(2)27(32)3)35(43)40-31-23-22-29-19-13-14-20-30(29)25-31/h10-23,25,33-34H,9,24H2,1-8H3,(H,40,43)(H,41,45). The summed E-state index contributed by atoms with van der Waals surface area (Å²) < 4.78 is 5.59. The van der Waals surface area contributed by atoms with Gasteiger partial charge in [0.15, 0.2) is 0 Å². The van der Waals surface area contributed by atoms with E-state index < -0.39 is 29.3 Å². The van der Waals surface area contributed by atoms with Gasteiger partial charge in [-0.1, -0.05) is 85.8 Å². The van der Waals surface area contributed by atoms with Crippen molar-refractivity contribution in [2.75, 3.05) is 5.32 Å². The zero-order chi connectivity index (χ0) is 33.6. The van der Waals surface area contributed by atoms with E-state index in [-0.39, 0.29) is 18.2 Å². The molecule has 0 saturated heterocycles. The van der Waals surface area contributed by atoms with E-state index in [1.165, 1.54) is 0 Å². The Balaban J connectivity index is 1.84. The lowest BCUT2D eigenvalue weighted by Crippen LogP contribution is -2.59. The third-order valence-electron chi connectivity index (χ3n) is 8.49. The first-order valence-corrected chi connectivity index (χ1v) is 15.9. The molecular weight excluding hydrogens is 574 g/mol. The van der Waals surface area contributed by atoms with E-state index in [0.717, 1.165) is 33.0 Å². The molecule has 242 valence electrons. The van der Waals surface area contributed by atoms with Crippen LogP contribution in [-0.4, -0.2) is 40.0 Å². The van der Waals surface area contributed by atoms with E-state index in [1.807, 2.05) is 126 Å². The maximum absolute atomic E-state index is 15.0. The van der Waals surface area contributed by atoms with Crippen molar-refractivity contribution in [1.29, 1.82) is 0 Å². The molecule has 0 bridgehead atoms. The molecule has 4 aromatic carbocycles. The van der Waals surface area contributed by atoms with E-state index in [0.29, 0.717) is 12.1 Å². The van der Waals surface area contributed by atoms with Crippen LogP contribution < -0.4 is 10.6 Å². The third-order valence-corrected chi connectivity index (χ3v) is 8.49. The van der Waals surface area contributed by atoms with Gasteiger partial charge in [-0.25, -0.2) is 4.79 Å². The minimum Gasteiger partial charge on any atom is -0.444 e. The first-order valence-electron chi connectivity index (χ1n) is 15.9. The number of anilines is 1. The van der Waals surface area contributed by atoms with Crippen molar-refractivity contribution in [3.8, 4) is 0 Å². The van der Waals surface area contributed by atoms with Crippen LogP contribution >= 0.6 is 0 Å². The van der Waals surface area contributed by atoms with Crippen LogP contribution in [0.5, 0.6) is 0 Å². The number of carbonyl (C=O) groups excluding carboxylic acids is 3. The number of nitrogens with zero attached hydrogens (tertiary/aromatic N) is 1. The predicted molar refractivity (Wildman–Crippen MR) is 186 cm³/mol. The Morgan fingerprint density at radius 1 is 0.804 bits per heavy atom. The van der Waals surface area contributed by atoms with Gasteiger partial charge in [0.05, 0.1) is 0 Å². The molecule has 0 aliphatic carbocycles. The van der Waals surface area contributed by atoms with Crippen LogP contribution in [0.3, 0.4) is 0 Å². The highest BCUT2D eigenvalue weighted by Crippen LogP contribution is 2.35. The number of hydrogen-bond donors (Lipinski definition) is 2. The first kappa shape index (κ1) is 34.2. The van der Waals surface area contributed by atoms with Gasteiger partial charge < -0.3 is 20.3 Å². The van der Waals surface area contributed by atoms with E-state index in [9.17, 15) is 14.4 Å². The Morgan fingerprint density at radius 3 is 2.11 bits per heavy atom. The smallest absolute Gasteiger partial charge is 0.408 e. The predicted octanol–water partition coefficient (Wildman–Crippen LogP) is 8.29. The molecule has 7 nitrogen and oxygen atoms in total. The summed E-state index contributed by atoms with van der Waals surface area (Å²) in [7, 11) is 0. The summed E-state index contributed by atoms with van der Waals surface area (Å²) in [5, 5.41) is 8.04. The van der Waals surface area contributed by atoms with Crippen LogP contribution in [0.4, 0.5) is 10.5 Å². The number of nitrogens with one attached hydrogen (secondary N) is 2. The molecule has 4 rings (SSSR count). The summed E-state index contributed by atoms with van der Waals surface area (Å²) in [6, 6.07) is 27.1. The van der Waals surface area contributed by atoms with E-state index in [2.05, 4.69) is 10.6 Å². The minimum absolute atomic E-state index is 0.223. The Kier molecular flexibility index (Phi) is 10.6. The molecule has 0 radical (unpaired) electrons. The van der Waals surface area contributed by atoms with Crippen LogP contribution in [0.25, 0.3) is 10.8 Å². The van der Waals surface area contributed by atoms with Gasteiger partial charge in [0, 0.05) is 17.6 Å². The highest BCUT2D eigenvalue weighted by atomic mass is 16.6. The topological polar surface area (TPSA) is 87.7 Å². The Bertz CT molecular complexity index is 1690. The van der Waals surface area contributed by atoms with Gasteiger partial charge in [0.1, 0.15) is 17.7 Å². The summed E-state index contributed by atoms with van der Waals surface area (Å²) in [6.45, 7) is 15.2. The van der Waals surface area contributed by atoms with Crippen molar-refractivity contribution in [3.05, 3.63) is 113 Å². The maximum atomic E-state index is 15.0. The van der Waals surface area contributed by atoms with Gasteiger partial charge in [-0.15, -0.1) is 0 Å². The SMILES string of the molecule is CCC(C)(C)N(C(=O)C(Cc1ccccc1)NC(=O)OC(C)(C)C)C(C(=O)Nc1ccc2ccccc2c1)c1cccc(C)c1C. The maximum Gasteiger partial charge on any atom is 0.408 e. The fourth-order valence-corrected chi connectivity index (χ4v) is 5.56. The third kappa shape index (κ3) is 8.33. The van der Waals surface area contributed by atoms with Crippen molar-refractivity contribution in [2.24, 2.45) is 0 Å². The lowest BCUT2D eigenvalue weighted by molar-refractivity contribution is -0.147. The zero-order valence-corrected chi connectivity index (χ0v) is 28.3. The number of hydrogen-bond acceptors (Lipinski definition) is 4. The van der Waals surface area contributed by atoms with E-state index in [1.54, 1.807) is 25.7 Å². The van der Waals surface area contributed by atoms with Crippen molar-refractivity contribution >= 4 is 34.4 Å². The second-order valence-electron chi connectivity index (χ2n) is 13.5. The number of fused-ring (bicyclic) bond motifs is 1. The van der Waals surface area contributed by atoms with Gasteiger partial charge in [-0.05, 0) is 100 Å². The first-order chi connectivity index (χ1) is 21.7. The van der Waals surface area contributed by atoms with E-state index in [4.69, 9.17) is 4.74 Å². The molecule has 0 heterocycles. The van der Waals surface area contributed by atoms with Crippen LogP contribution in [-0.2, 0) is 20.7 Å². The lowest BCUT2D eigenvalue weighted by atomic mass is 9.88. The number of aryl methyl sites for hydroxylation is 1. The van der Waals surface area contributed by atoms with Gasteiger partial charge in [0.2, 0.25) is 5.91 Å². The molecule has 2 atom stereocenters. The quantitative estimate of drug-likeness (QED) is 0.187. The van der Waals surface area contributed by atoms with Crippen LogP contribution in [0.1, 0.15) is 76.3 Å². The number of ether oxygens (including phenoxy) is 1. The Hall–Kier alpha value is -4.65. The molecule has 4 aromatic rings. The second-order valence-corrected chi connectivity index (χ2v) is 13.5. The van der Waals surface area contributed by atoms with E-state index >= 15 is 0 Å². The molecule has 0 aliphatic heterocycles. The number of carbonyl (C=O) groups is 3. The van der Waals surface area contributed by atoms with Gasteiger partial charge in [-0.2, -0.15) is 0 Å². The van der Waals surface area contributed by atoms with Gasteiger partial charge >= 0.3 is 6.09 Å². The van der Waals surface area contributed by atoms with Gasteiger partial charge in [-0.3, -0.25) is 9.59 Å². The Labute approximate surface area is 273 Å². The summed E-state index contributed by atoms with van der Waals surface area (Å²) in [5.74, 6) is -0.712. The molecule has 46 heavy (non-hydrogen) atoms. The minimum atomic E-state index is -0.996. The largest absolute Gasteiger partial charge is 0.444 e. The summed E-state index contributed by atoms with van der Waals surface area (Å²) in [5.41, 5.74) is 2.63. The summed E-state index contributed by atoms with van der Waals surface area (Å²) in [4.78, 5) is 44.4. The molecule has 7 heteroatoms. The zero-order valence-electron chi connectivity index (χ0n) is 28.3. The molecule has 2 unspecified atom stereocenters. The van der Waals surface area contributed by atoms with Crippen molar-refractivity contribution in [3.63, 3.8) is 0 Å². The summed E-state index contributed by atoms with van der Waals surface area (Å²) >= 11 is 0. The molecule has 0 aliphatic rings. The van der Waals surface area contributed by atoms with Crippen LogP contribution in [0, 0.1) is 13.8 Å². The van der Waals surface area contributed by atoms with Gasteiger partial charge in [0.25, 0.3) is 5.91 Å². The molecule has 0 fully saturated rings. The van der Waals surface area contributed by atoms with Crippen molar-refractivity contribution < 1.29 is 19.1 Å². The molecule has 0 saturated carbocycles. The monoisotopic (exact) mass is 621 g/mol.